The van der Waals surface area contributed by atoms with Crippen LogP contribution in [-0.2, 0) is 164 Å². The van der Waals surface area contributed by atoms with E-state index in [1.54, 1.807) is 19.0 Å². The van der Waals surface area contributed by atoms with Crippen LogP contribution in [0.4, 0.5) is 0 Å². The van der Waals surface area contributed by atoms with E-state index >= 15 is 0 Å². The molecule has 0 aliphatic carbocycles. The molecule has 1 amide bonds. The fourth-order valence-corrected chi connectivity index (χ4v) is 3.02. The fourth-order valence-electron chi connectivity index (χ4n) is 1.72. The molecule has 0 unspecified atom stereocenters. The molecule has 0 saturated carbocycles. The van der Waals surface area contributed by atoms with Crippen molar-refractivity contribution in [3.63, 3.8) is 0 Å². The van der Waals surface area contributed by atoms with Gasteiger partial charge in [-0.1, -0.05) is 33.3 Å². The van der Waals surface area contributed by atoms with E-state index in [1.807, 2.05) is 74.4 Å². The Morgan fingerprint density at radius 1 is 0.842 bits per heavy atom. The summed E-state index contributed by atoms with van der Waals surface area (Å²) in [4.78, 5) is 14.6. The van der Waals surface area contributed by atoms with Gasteiger partial charge in [-0.25, -0.2) is 0 Å². The van der Waals surface area contributed by atoms with E-state index in [1.165, 1.54) is 63.6 Å². The largest absolute Gasteiger partial charge is 0 e. The van der Waals surface area contributed by atoms with Gasteiger partial charge in [-0.15, -0.1) is 0 Å². The summed E-state index contributed by atoms with van der Waals surface area (Å²) < 4.78 is 9.07. The van der Waals surface area contributed by atoms with Gasteiger partial charge in [-0.05, 0) is 20.8 Å². The van der Waals surface area contributed by atoms with Crippen molar-refractivity contribution in [3.05, 3.63) is 47.0 Å². The summed E-state index contributed by atoms with van der Waals surface area (Å²) in [6, 6.07) is 10.6. The van der Waals surface area contributed by atoms with Gasteiger partial charge in [0.2, 0.25) is 5.91 Å². The van der Waals surface area contributed by atoms with E-state index in [4.69, 9.17) is 0 Å². The van der Waals surface area contributed by atoms with Crippen LogP contribution in [0.5, 0.6) is 0 Å². The molecule has 38 heavy (non-hydrogen) atoms. The zero-order valence-corrected chi connectivity index (χ0v) is 46.4. The number of likely N-dealkylation sites (N-methyl/N-ethyl adjacent to an activating group) is 1. The molecule has 10 heteroatoms. The first-order chi connectivity index (χ1) is 15.8. The molecule has 1 aromatic carbocycles. The summed E-state index contributed by atoms with van der Waals surface area (Å²) in [6.45, 7) is 20.2. The summed E-state index contributed by atoms with van der Waals surface area (Å²) in [5.41, 5.74) is 3.57. The fraction of sp³-hybridized carbons (Fsp3) is 0.571. The number of allylic oxidation sites excluding steroid dienone is 1. The molecule has 0 saturated heterocycles. The van der Waals surface area contributed by atoms with E-state index < -0.39 is 0 Å². The van der Waals surface area contributed by atoms with E-state index in [-0.39, 0.29) is 107 Å². The molecule has 0 heterocycles. The van der Waals surface area contributed by atoms with Gasteiger partial charge in [-0.3, -0.25) is 4.79 Å². The normalized spacial score (nSPS) is 7.66. The maximum atomic E-state index is 11.2. The van der Waals surface area contributed by atoms with Gasteiger partial charge < -0.3 is 4.90 Å². The quantitative estimate of drug-likeness (QED) is 0.205. The van der Waals surface area contributed by atoms with Crippen LogP contribution in [0.1, 0.15) is 81.2 Å². The summed E-state index contributed by atoms with van der Waals surface area (Å²) in [6.07, 6.45) is 1.05. The summed E-state index contributed by atoms with van der Waals surface area (Å²) in [5.74, 6) is 0.0972. The minimum atomic E-state index is 0. The van der Waals surface area contributed by atoms with Crippen LogP contribution in [0, 0.1) is 0 Å². The van der Waals surface area contributed by atoms with Crippen molar-refractivity contribution in [3.8, 4) is 0 Å². The second kappa shape index (κ2) is 47.2. The molecule has 0 bridgehead atoms. The SMILES string of the molecule is CC.CC.CC(C)(C[C-]=[W])c1ccccc1.CC(C)=C(C)C(=O)N(C)C.CN(C)[C-]=[W].C[C-]=[W].[W].[W].[W].[Y]. The Bertz CT molecular complexity index is 665. The predicted octanol–water partition coefficient (Wildman–Crippen LogP) is 6.02. The third-order valence-corrected chi connectivity index (χ3v) is 5.56. The van der Waals surface area contributed by atoms with Crippen LogP contribution in [0.25, 0.3) is 0 Å². The monoisotopic (exact) mass is 1620 g/mol. The Morgan fingerprint density at radius 3 is 1.34 bits per heavy atom. The summed E-state index contributed by atoms with van der Waals surface area (Å²) >= 11 is 4.24. The second-order valence-electron chi connectivity index (χ2n) is 7.59. The number of hydrogen-bond acceptors (Lipinski definition) is 2. The minimum Gasteiger partial charge on any atom is 0 e. The van der Waals surface area contributed by atoms with Gasteiger partial charge in [0.25, 0.3) is 0 Å². The molecule has 0 N–H and O–H groups in total. The molecule has 0 atom stereocenters. The van der Waals surface area contributed by atoms with Crippen LogP contribution >= 0.6 is 0 Å². The maximum Gasteiger partial charge on any atom is 0 e. The van der Waals surface area contributed by atoms with Crippen LogP contribution in [0.3, 0.4) is 0 Å². The summed E-state index contributed by atoms with van der Waals surface area (Å²) in [7, 11) is 7.45. The molecule has 219 valence electrons. The van der Waals surface area contributed by atoms with Crippen LogP contribution in [-0.4, -0.2) is 57.2 Å². The zero-order valence-electron chi connectivity index (χ0n) is 25.9. The first-order valence-electron chi connectivity index (χ1n) is 11.4. The molecule has 0 fully saturated rings. The smallest absolute Gasteiger partial charge is 0 e. The molecule has 0 aliphatic heterocycles. The Morgan fingerprint density at radius 2 is 1.16 bits per heavy atom. The van der Waals surface area contributed by atoms with Gasteiger partial charge in [0, 0.05) is 116 Å². The van der Waals surface area contributed by atoms with Gasteiger partial charge in [0.05, 0.1) is 0 Å². The zero-order chi connectivity index (χ0) is 28.3. The van der Waals surface area contributed by atoms with E-state index in [2.05, 4.69) is 57.5 Å². The Labute approximate surface area is 338 Å². The molecule has 3 nitrogen and oxygen atoms in total. The van der Waals surface area contributed by atoms with Crippen LogP contribution in [0.2, 0.25) is 0 Å². The number of amides is 1. The molecule has 1 rings (SSSR count). The number of rotatable bonds is 5. The average molecular weight is 1620 g/mol. The standard InChI is InChI=1S/C11H13.C8H15NO.C3H6N.2C2H6.C2H3.6W.Y/c1-4-11(2,3)10-8-6-5-7-9-10;1-6(2)7(3)8(10)9(4)5;1-4(2)3;3*1-2;;;;;;;/h5-9H,4H2,2-3H3;1-5H3;1-2H3;2*1-2H3;1H3;;;;;;;/q-1;;-1;;;-1;;;;;;;. The third kappa shape index (κ3) is 46.2. The van der Waals surface area contributed by atoms with Gasteiger partial charge in [0.1, 0.15) is 0 Å². The second-order valence-corrected chi connectivity index (χ2v) is 10.7. The average Bonchev–Trinajstić information content (AvgIpc) is 2.82. The van der Waals surface area contributed by atoms with E-state index in [0.29, 0.717) is 0 Å². The van der Waals surface area contributed by atoms with Crippen molar-refractivity contribution < 1.29 is 159 Å². The van der Waals surface area contributed by atoms with Crippen LogP contribution in [0.15, 0.2) is 41.5 Å². The molecular weight excluding hydrogens is 1570 g/mol. The van der Waals surface area contributed by atoms with Crippen molar-refractivity contribution in [2.45, 2.75) is 81.1 Å². The van der Waals surface area contributed by atoms with Crippen molar-refractivity contribution in [1.82, 2.24) is 9.80 Å². The number of carbonyl (C=O) groups is 1. The van der Waals surface area contributed by atoms with Crippen molar-refractivity contribution in [2.24, 2.45) is 0 Å². The first kappa shape index (κ1) is 64.2. The molecule has 1 aromatic rings. The Kier molecular flexibility index (Phi) is 79.7. The van der Waals surface area contributed by atoms with E-state index in [9.17, 15) is 4.79 Å². The molecule has 0 aromatic heterocycles. The molecular formula is C28H49N2OW6Y-3. The maximum absolute atomic E-state index is 11.2. The number of carbonyl (C=O) groups excluding carboxylic acids is 1. The predicted molar refractivity (Wildman–Crippen MR) is 144 cm³/mol. The number of benzene rings is 1. The van der Waals surface area contributed by atoms with Crippen LogP contribution < -0.4 is 0 Å². The van der Waals surface area contributed by atoms with Gasteiger partial charge in [-0.2, -0.15) is 0 Å². The Balaban J connectivity index is -0.0000000421. The van der Waals surface area contributed by atoms with Crippen molar-refractivity contribution in [2.75, 3.05) is 28.2 Å². The van der Waals surface area contributed by atoms with Gasteiger partial charge in [0.15, 0.2) is 0 Å². The number of hydrogen-bond donors (Lipinski definition) is 0. The Hall–Kier alpha value is 3.23. The molecule has 0 aliphatic rings. The van der Waals surface area contributed by atoms with E-state index in [0.717, 1.165) is 17.6 Å². The van der Waals surface area contributed by atoms with Gasteiger partial charge >= 0.3 is 159 Å². The summed E-state index contributed by atoms with van der Waals surface area (Å²) in [5, 5.41) is 0. The number of nitrogens with zero attached hydrogens (tertiary/aromatic N) is 2. The van der Waals surface area contributed by atoms with Crippen molar-refractivity contribution >= 4 is 19.2 Å². The third-order valence-electron chi connectivity index (χ3n) is 3.73. The topological polar surface area (TPSA) is 23.6 Å². The molecule has 1 radical (unpaired) electrons. The van der Waals surface area contributed by atoms with Crippen molar-refractivity contribution in [1.29, 1.82) is 0 Å². The molecule has 0 spiro atoms. The first-order valence-corrected chi connectivity index (χ1v) is 15.8. The minimum absolute atomic E-state index is 0.